The van der Waals surface area contributed by atoms with Crippen LogP contribution in [0.5, 0.6) is 5.75 Å². The third-order valence-corrected chi connectivity index (χ3v) is 3.14. The quantitative estimate of drug-likeness (QED) is 0.657. The Morgan fingerprint density at radius 2 is 2.37 bits per heavy atom. The SMILES string of the molecule is CC(=N)NCc1ccc(Br)c(OCn2ccnc2)c1. The van der Waals surface area contributed by atoms with Gasteiger partial charge in [-0.15, -0.1) is 0 Å². The maximum absolute atomic E-state index is 7.35. The van der Waals surface area contributed by atoms with Crippen LogP contribution in [0.25, 0.3) is 0 Å². The van der Waals surface area contributed by atoms with Gasteiger partial charge < -0.3 is 14.6 Å². The number of aromatic nitrogens is 2. The van der Waals surface area contributed by atoms with Crippen molar-refractivity contribution in [3.8, 4) is 5.75 Å². The topological polar surface area (TPSA) is 62.9 Å². The van der Waals surface area contributed by atoms with E-state index < -0.39 is 0 Å². The fraction of sp³-hybridized carbons (Fsp3) is 0.231. The Hall–Kier alpha value is -1.82. The van der Waals surface area contributed by atoms with Gasteiger partial charge in [-0.3, -0.25) is 5.41 Å². The minimum absolute atomic E-state index is 0.416. The predicted octanol–water partition coefficient (Wildman–Crippen LogP) is 2.77. The standard InChI is InChI=1S/C13H15BrN4O/c1-10(15)17-7-11-2-3-12(14)13(6-11)19-9-18-5-4-16-8-18/h2-6,8H,7,9H2,1H3,(H2,15,17). The first-order valence-corrected chi connectivity index (χ1v) is 6.60. The van der Waals surface area contributed by atoms with Crippen LogP contribution in [0.1, 0.15) is 12.5 Å². The van der Waals surface area contributed by atoms with E-state index in [4.69, 9.17) is 10.1 Å². The summed E-state index contributed by atoms with van der Waals surface area (Å²) in [5.74, 6) is 1.22. The summed E-state index contributed by atoms with van der Waals surface area (Å²) in [6.45, 7) is 2.75. The van der Waals surface area contributed by atoms with Gasteiger partial charge in [-0.1, -0.05) is 6.07 Å². The Labute approximate surface area is 120 Å². The second-order valence-electron chi connectivity index (χ2n) is 4.09. The maximum atomic E-state index is 7.35. The first kappa shape index (κ1) is 13.6. The van der Waals surface area contributed by atoms with E-state index in [0.717, 1.165) is 15.8 Å². The van der Waals surface area contributed by atoms with E-state index in [-0.39, 0.29) is 0 Å². The van der Waals surface area contributed by atoms with Gasteiger partial charge >= 0.3 is 0 Å². The minimum Gasteiger partial charge on any atom is -0.472 e. The third kappa shape index (κ3) is 4.10. The molecule has 1 aromatic heterocycles. The average Bonchev–Trinajstić information content (AvgIpc) is 2.89. The highest BCUT2D eigenvalue weighted by atomic mass is 79.9. The van der Waals surface area contributed by atoms with E-state index in [1.165, 1.54) is 0 Å². The summed E-state index contributed by atoms with van der Waals surface area (Å²) in [4.78, 5) is 3.96. The fourth-order valence-corrected chi connectivity index (χ4v) is 1.87. The number of halogens is 1. The van der Waals surface area contributed by atoms with E-state index in [1.807, 2.05) is 29.0 Å². The van der Waals surface area contributed by atoms with Crippen LogP contribution in [-0.4, -0.2) is 15.4 Å². The van der Waals surface area contributed by atoms with E-state index in [2.05, 4.69) is 26.2 Å². The Balaban J connectivity index is 2.02. The minimum atomic E-state index is 0.416. The van der Waals surface area contributed by atoms with Gasteiger partial charge in [0, 0.05) is 18.9 Å². The molecule has 0 saturated carbocycles. The predicted molar refractivity (Wildman–Crippen MR) is 77.2 cm³/mol. The molecule has 0 bridgehead atoms. The third-order valence-electron chi connectivity index (χ3n) is 2.48. The molecule has 0 atom stereocenters. The van der Waals surface area contributed by atoms with Crippen LogP contribution in [0.4, 0.5) is 0 Å². The van der Waals surface area contributed by atoms with Gasteiger partial charge in [0.1, 0.15) is 5.75 Å². The van der Waals surface area contributed by atoms with Crippen molar-refractivity contribution in [1.29, 1.82) is 5.41 Å². The molecule has 2 rings (SSSR count). The van der Waals surface area contributed by atoms with Crippen molar-refractivity contribution in [3.05, 3.63) is 47.0 Å². The number of hydrogen-bond acceptors (Lipinski definition) is 3. The van der Waals surface area contributed by atoms with Crippen molar-refractivity contribution in [3.63, 3.8) is 0 Å². The largest absolute Gasteiger partial charge is 0.472 e. The van der Waals surface area contributed by atoms with Crippen LogP contribution >= 0.6 is 15.9 Å². The molecule has 0 spiro atoms. The van der Waals surface area contributed by atoms with Crippen molar-refractivity contribution in [2.45, 2.75) is 20.2 Å². The monoisotopic (exact) mass is 322 g/mol. The number of nitrogens with one attached hydrogen (secondary N) is 2. The van der Waals surface area contributed by atoms with Crippen LogP contribution in [0.15, 0.2) is 41.4 Å². The summed E-state index contributed by atoms with van der Waals surface area (Å²) in [6.07, 6.45) is 5.26. The zero-order chi connectivity index (χ0) is 13.7. The molecule has 2 N–H and O–H groups in total. The molecule has 0 fully saturated rings. The number of ether oxygens (including phenoxy) is 1. The van der Waals surface area contributed by atoms with Crippen molar-refractivity contribution >= 4 is 21.8 Å². The number of benzene rings is 1. The average molecular weight is 323 g/mol. The molecule has 0 aliphatic rings. The highest BCUT2D eigenvalue weighted by Crippen LogP contribution is 2.26. The lowest BCUT2D eigenvalue weighted by Gasteiger charge is -2.11. The second kappa shape index (κ2) is 6.38. The van der Waals surface area contributed by atoms with E-state index >= 15 is 0 Å². The van der Waals surface area contributed by atoms with Crippen LogP contribution in [-0.2, 0) is 13.3 Å². The highest BCUT2D eigenvalue weighted by molar-refractivity contribution is 9.10. The summed E-state index contributed by atoms with van der Waals surface area (Å²) in [5.41, 5.74) is 1.07. The molecule has 100 valence electrons. The van der Waals surface area contributed by atoms with E-state index in [9.17, 15) is 0 Å². The van der Waals surface area contributed by atoms with Crippen LogP contribution in [0.3, 0.4) is 0 Å². The van der Waals surface area contributed by atoms with E-state index in [1.54, 1.807) is 19.4 Å². The Morgan fingerprint density at radius 3 is 3.05 bits per heavy atom. The van der Waals surface area contributed by atoms with Gasteiger partial charge in [-0.05, 0) is 40.5 Å². The molecule has 1 heterocycles. The molecule has 0 aliphatic heterocycles. The van der Waals surface area contributed by atoms with Gasteiger partial charge in [0.2, 0.25) is 0 Å². The van der Waals surface area contributed by atoms with Gasteiger partial charge in [-0.25, -0.2) is 4.98 Å². The Morgan fingerprint density at radius 1 is 1.53 bits per heavy atom. The van der Waals surface area contributed by atoms with Crippen molar-refractivity contribution in [2.24, 2.45) is 0 Å². The number of hydrogen-bond donors (Lipinski definition) is 2. The molecule has 19 heavy (non-hydrogen) atoms. The highest BCUT2D eigenvalue weighted by Gasteiger charge is 2.03. The Kier molecular flexibility index (Phi) is 4.57. The van der Waals surface area contributed by atoms with Crippen LogP contribution in [0, 0.1) is 5.41 Å². The molecule has 0 unspecified atom stereocenters. The summed E-state index contributed by atoms with van der Waals surface area (Å²) < 4.78 is 8.48. The summed E-state index contributed by atoms with van der Waals surface area (Å²) in [5, 5.41) is 10.3. The zero-order valence-electron chi connectivity index (χ0n) is 10.6. The molecular weight excluding hydrogens is 308 g/mol. The lowest BCUT2D eigenvalue weighted by Crippen LogP contribution is -2.18. The van der Waals surface area contributed by atoms with Crippen molar-refractivity contribution < 1.29 is 4.74 Å². The lowest BCUT2D eigenvalue weighted by molar-refractivity contribution is 0.234. The zero-order valence-corrected chi connectivity index (χ0v) is 12.1. The number of imidazole rings is 1. The van der Waals surface area contributed by atoms with Crippen molar-refractivity contribution in [1.82, 2.24) is 14.9 Å². The lowest BCUT2D eigenvalue weighted by atomic mass is 10.2. The van der Waals surface area contributed by atoms with Crippen LogP contribution in [0.2, 0.25) is 0 Å². The molecule has 6 heteroatoms. The van der Waals surface area contributed by atoms with Gasteiger partial charge in [0.05, 0.1) is 16.6 Å². The summed E-state index contributed by atoms with van der Waals surface area (Å²) in [7, 11) is 0. The van der Waals surface area contributed by atoms with Gasteiger partial charge in [0.25, 0.3) is 0 Å². The molecule has 0 radical (unpaired) electrons. The molecule has 1 aromatic carbocycles. The summed E-state index contributed by atoms with van der Waals surface area (Å²) >= 11 is 3.46. The first-order valence-electron chi connectivity index (χ1n) is 5.81. The molecule has 0 saturated heterocycles. The second-order valence-corrected chi connectivity index (χ2v) is 4.95. The Bertz CT molecular complexity index is 554. The molecule has 5 nitrogen and oxygen atoms in total. The molecule has 0 amide bonds. The van der Waals surface area contributed by atoms with Gasteiger partial charge in [0.15, 0.2) is 6.73 Å². The molecular formula is C13H15BrN4O. The van der Waals surface area contributed by atoms with E-state index in [0.29, 0.717) is 19.1 Å². The number of rotatable bonds is 5. The fourth-order valence-electron chi connectivity index (χ4n) is 1.51. The van der Waals surface area contributed by atoms with Crippen molar-refractivity contribution in [2.75, 3.05) is 0 Å². The first-order chi connectivity index (χ1) is 9.15. The van der Waals surface area contributed by atoms with Gasteiger partial charge in [-0.2, -0.15) is 0 Å². The molecule has 0 aliphatic carbocycles. The smallest absolute Gasteiger partial charge is 0.166 e. The number of amidine groups is 1. The number of nitrogens with zero attached hydrogens (tertiary/aromatic N) is 2. The summed E-state index contributed by atoms with van der Waals surface area (Å²) in [6, 6.07) is 5.89. The normalized spacial score (nSPS) is 10.2. The maximum Gasteiger partial charge on any atom is 0.166 e. The van der Waals surface area contributed by atoms with Crippen LogP contribution < -0.4 is 10.1 Å². The molecule has 2 aromatic rings.